The van der Waals surface area contributed by atoms with Crippen LogP contribution in [0.25, 0.3) is 10.8 Å². The minimum Gasteiger partial charge on any atom is -0.396 e. The number of hydrogen-bond acceptors (Lipinski definition) is 1. The zero-order valence-electron chi connectivity index (χ0n) is 8.41. The Balaban J connectivity index is 2.34. The molecule has 0 atom stereocenters. The van der Waals surface area contributed by atoms with Crippen molar-refractivity contribution in [1.82, 2.24) is 0 Å². The molecule has 0 heterocycles. The molecule has 0 radical (unpaired) electrons. The minimum atomic E-state index is 0.262. The van der Waals surface area contributed by atoms with E-state index in [9.17, 15) is 0 Å². The lowest BCUT2D eigenvalue weighted by molar-refractivity contribution is 0.288. The molecule has 0 saturated carbocycles. The number of hydrogen-bond donors (Lipinski definition) is 1. The van der Waals surface area contributed by atoms with Gasteiger partial charge in [0.2, 0.25) is 0 Å². The smallest absolute Gasteiger partial charge is 0.0434 e. The van der Waals surface area contributed by atoms with E-state index in [0.717, 1.165) is 17.3 Å². The van der Waals surface area contributed by atoms with Crippen LogP contribution in [0, 0.1) is 0 Å². The van der Waals surface area contributed by atoms with Crippen LogP contribution in [0.5, 0.6) is 0 Å². The van der Waals surface area contributed by atoms with Crippen molar-refractivity contribution in [2.24, 2.45) is 0 Å². The van der Waals surface area contributed by atoms with Crippen molar-refractivity contribution in [1.29, 1.82) is 0 Å². The van der Waals surface area contributed by atoms with Crippen LogP contribution in [0.2, 0.25) is 0 Å². The van der Waals surface area contributed by atoms with E-state index in [-0.39, 0.29) is 6.61 Å². The van der Waals surface area contributed by atoms with Crippen molar-refractivity contribution in [3.63, 3.8) is 0 Å². The van der Waals surface area contributed by atoms with Crippen LogP contribution < -0.4 is 0 Å². The molecular formula is C13H13BrO. The second-order valence-electron chi connectivity index (χ2n) is 3.65. The van der Waals surface area contributed by atoms with E-state index in [2.05, 4.69) is 52.3 Å². The molecule has 1 N–H and O–H groups in total. The van der Waals surface area contributed by atoms with Crippen molar-refractivity contribution in [3.8, 4) is 0 Å². The van der Waals surface area contributed by atoms with Crippen molar-refractivity contribution < 1.29 is 5.11 Å². The molecule has 0 bridgehead atoms. The molecule has 15 heavy (non-hydrogen) atoms. The first-order valence-corrected chi connectivity index (χ1v) is 5.88. The largest absolute Gasteiger partial charge is 0.396 e. The Morgan fingerprint density at radius 1 is 1.00 bits per heavy atom. The topological polar surface area (TPSA) is 20.2 Å². The first kappa shape index (κ1) is 10.7. The molecule has 1 nitrogen and oxygen atoms in total. The number of fused-ring (bicyclic) bond motifs is 1. The summed E-state index contributed by atoms with van der Waals surface area (Å²) >= 11 is 3.46. The van der Waals surface area contributed by atoms with Crippen molar-refractivity contribution in [2.45, 2.75) is 12.8 Å². The van der Waals surface area contributed by atoms with E-state index >= 15 is 0 Å². The number of halogens is 1. The van der Waals surface area contributed by atoms with E-state index in [1.54, 1.807) is 0 Å². The third-order valence-electron chi connectivity index (χ3n) is 2.49. The average Bonchev–Trinajstić information content (AvgIpc) is 2.26. The van der Waals surface area contributed by atoms with Crippen LogP contribution in [0.3, 0.4) is 0 Å². The maximum atomic E-state index is 8.77. The second-order valence-corrected chi connectivity index (χ2v) is 4.57. The van der Waals surface area contributed by atoms with Gasteiger partial charge >= 0.3 is 0 Å². The molecule has 0 spiro atoms. The Bertz CT molecular complexity index is 465. The molecular weight excluding hydrogens is 252 g/mol. The fourth-order valence-corrected chi connectivity index (χ4v) is 2.08. The number of rotatable bonds is 3. The van der Waals surface area contributed by atoms with Gasteiger partial charge in [0.15, 0.2) is 0 Å². The number of aliphatic hydroxyl groups excluding tert-OH is 1. The van der Waals surface area contributed by atoms with Crippen LogP contribution in [0.1, 0.15) is 12.0 Å². The summed E-state index contributed by atoms with van der Waals surface area (Å²) in [5, 5.41) is 11.3. The van der Waals surface area contributed by atoms with E-state index in [4.69, 9.17) is 5.11 Å². The van der Waals surface area contributed by atoms with E-state index in [0.29, 0.717) is 0 Å². The van der Waals surface area contributed by atoms with Gasteiger partial charge in [0.05, 0.1) is 0 Å². The summed E-state index contributed by atoms with van der Waals surface area (Å²) in [6.45, 7) is 0.262. The highest BCUT2D eigenvalue weighted by molar-refractivity contribution is 9.10. The molecule has 78 valence electrons. The molecule has 0 aliphatic carbocycles. The third-order valence-corrected chi connectivity index (χ3v) is 2.98. The predicted molar refractivity (Wildman–Crippen MR) is 67.1 cm³/mol. The van der Waals surface area contributed by atoms with Gasteiger partial charge in [0.1, 0.15) is 0 Å². The Morgan fingerprint density at radius 2 is 1.73 bits per heavy atom. The van der Waals surface area contributed by atoms with Gasteiger partial charge in [-0.3, -0.25) is 0 Å². The standard InChI is InChI=1S/C13H13BrO/c14-13-6-5-11-8-10(2-1-7-15)3-4-12(11)9-13/h3-6,8-9,15H,1-2,7H2. The zero-order valence-corrected chi connectivity index (χ0v) is 10.00. The number of benzene rings is 2. The SMILES string of the molecule is OCCCc1ccc2cc(Br)ccc2c1. The summed E-state index contributed by atoms with van der Waals surface area (Å²) < 4.78 is 1.11. The lowest BCUT2D eigenvalue weighted by atomic mass is 10.0. The molecule has 0 saturated heterocycles. The van der Waals surface area contributed by atoms with Gasteiger partial charge < -0.3 is 5.11 Å². The normalized spacial score (nSPS) is 10.8. The fourth-order valence-electron chi connectivity index (χ4n) is 1.70. The maximum Gasteiger partial charge on any atom is 0.0434 e. The minimum absolute atomic E-state index is 0.262. The molecule has 0 fully saturated rings. The van der Waals surface area contributed by atoms with E-state index in [1.807, 2.05) is 0 Å². The van der Waals surface area contributed by atoms with Crippen LogP contribution in [0.4, 0.5) is 0 Å². The molecule has 0 aliphatic heterocycles. The van der Waals surface area contributed by atoms with Crippen LogP contribution in [0.15, 0.2) is 40.9 Å². The summed E-state index contributed by atoms with van der Waals surface area (Å²) in [4.78, 5) is 0. The molecule has 0 aromatic heterocycles. The quantitative estimate of drug-likeness (QED) is 0.900. The number of aliphatic hydroxyl groups is 1. The van der Waals surface area contributed by atoms with E-state index in [1.165, 1.54) is 16.3 Å². The lowest BCUT2D eigenvalue weighted by Crippen LogP contribution is -1.89. The maximum absolute atomic E-state index is 8.77. The fraction of sp³-hybridized carbons (Fsp3) is 0.231. The van der Waals surface area contributed by atoms with Gasteiger partial charge in [0.25, 0.3) is 0 Å². The highest BCUT2D eigenvalue weighted by atomic mass is 79.9. The highest BCUT2D eigenvalue weighted by Gasteiger charge is 1.97. The van der Waals surface area contributed by atoms with Gasteiger partial charge in [-0.2, -0.15) is 0 Å². The summed E-state index contributed by atoms with van der Waals surface area (Å²) in [5.41, 5.74) is 1.29. The second kappa shape index (κ2) is 4.77. The Hall–Kier alpha value is -0.860. The van der Waals surface area contributed by atoms with Crippen LogP contribution in [-0.2, 0) is 6.42 Å². The molecule has 0 amide bonds. The van der Waals surface area contributed by atoms with Crippen molar-refractivity contribution >= 4 is 26.7 Å². The van der Waals surface area contributed by atoms with Gasteiger partial charge in [-0.1, -0.05) is 40.2 Å². The van der Waals surface area contributed by atoms with Crippen LogP contribution in [-0.4, -0.2) is 11.7 Å². The third kappa shape index (κ3) is 2.58. The van der Waals surface area contributed by atoms with Gasteiger partial charge in [-0.15, -0.1) is 0 Å². The zero-order chi connectivity index (χ0) is 10.7. The summed E-state index contributed by atoms with van der Waals surface area (Å²) in [6, 6.07) is 12.7. The molecule has 0 unspecified atom stereocenters. The molecule has 0 aliphatic rings. The van der Waals surface area contributed by atoms with Crippen molar-refractivity contribution in [2.75, 3.05) is 6.61 Å². The van der Waals surface area contributed by atoms with Gasteiger partial charge in [-0.25, -0.2) is 0 Å². The summed E-state index contributed by atoms with van der Waals surface area (Å²) in [7, 11) is 0. The highest BCUT2D eigenvalue weighted by Crippen LogP contribution is 2.21. The first-order valence-electron chi connectivity index (χ1n) is 5.08. The molecule has 2 aromatic rings. The van der Waals surface area contributed by atoms with E-state index < -0.39 is 0 Å². The molecule has 2 heteroatoms. The first-order chi connectivity index (χ1) is 7.29. The molecule has 2 aromatic carbocycles. The Morgan fingerprint density at radius 3 is 2.53 bits per heavy atom. The number of aryl methyl sites for hydroxylation is 1. The van der Waals surface area contributed by atoms with Crippen LogP contribution >= 0.6 is 15.9 Å². The van der Waals surface area contributed by atoms with Gasteiger partial charge in [0, 0.05) is 11.1 Å². The Kier molecular flexibility index (Phi) is 3.39. The van der Waals surface area contributed by atoms with Gasteiger partial charge in [-0.05, 0) is 41.3 Å². The predicted octanol–water partition coefficient (Wildman–Crippen LogP) is 3.53. The van der Waals surface area contributed by atoms with Crippen molar-refractivity contribution in [3.05, 3.63) is 46.4 Å². The lowest BCUT2D eigenvalue weighted by Gasteiger charge is -2.03. The molecule has 2 rings (SSSR count). The summed E-state index contributed by atoms with van der Waals surface area (Å²) in [6.07, 6.45) is 1.78. The monoisotopic (exact) mass is 264 g/mol. The summed E-state index contributed by atoms with van der Waals surface area (Å²) in [5.74, 6) is 0. The Labute approximate surface area is 97.9 Å². The average molecular weight is 265 g/mol.